The minimum atomic E-state index is -0.318. The number of rotatable bonds is 1. The highest BCUT2D eigenvalue weighted by molar-refractivity contribution is 5.87. The van der Waals surface area contributed by atoms with Gasteiger partial charge in [0.1, 0.15) is 0 Å². The van der Waals surface area contributed by atoms with E-state index in [9.17, 15) is 5.11 Å². The van der Waals surface area contributed by atoms with Crippen LogP contribution in [0.5, 0.6) is 0 Å². The molecular formula is C18H18N2O. The van der Waals surface area contributed by atoms with Crippen molar-refractivity contribution in [2.75, 3.05) is 0 Å². The smallest absolute Gasteiger partial charge is 0.0807 e. The molecule has 0 amide bonds. The summed E-state index contributed by atoms with van der Waals surface area (Å²) in [5.74, 6) is 0. The SMILES string of the molecule is Cc1cc2c(n1-c1cccc3ncccc13)CCCC2O. The van der Waals surface area contributed by atoms with Crippen LogP contribution >= 0.6 is 0 Å². The number of aliphatic hydroxyl groups is 1. The number of aliphatic hydroxyl groups excluding tert-OH is 1. The van der Waals surface area contributed by atoms with Gasteiger partial charge in [0.05, 0.1) is 17.3 Å². The molecule has 0 fully saturated rings. The number of hydrogen-bond acceptors (Lipinski definition) is 2. The Labute approximate surface area is 123 Å². The predicted octanol–water partition coefficient (Wildman–Crippen LogP) is 3.70. The number of nitrogens with zero attached hydrogens (tertiary/aromatic N) is 2. The molecule has 4 rings (SSSR count). The zero-order chi connectivity index (χ0) is 14.4. The van der Waals surface area contributed by atoms with Crippen LogP contribution in [-0.2, 0) is 6.42 Å². The van der Waals surface area contributed by atoms with E-state index in [0.29, 0.717) is 0 Å². The summed E-state index contributed by atoms with van der Waals surface area (Å²) < 4.78 is 2.29. The van der Waals surface area contributed by atoms with Crippen LogP contribution in [0, 0.1) is 6.92 Å². The van der Waals surface area contributed by atoms with Gasteiger partial charge in [-0.15, -0.1) is 0 Å². The van der Waals surface area contributed by atoms with Crippen molar-refractivity contribution in [3.8, 4) is 5.69 Å². The average molecular weight is 278 g/mol. The molecule has 2 aromatic heterocycles. The number of benzene rings is 1. The van der Waals surface area contributed by atoms with E-state index in [0.717, 1.165) is 41.4 Å². The van der Waals surface area contributed by atoms with Gasteiger partial charge in [0, 0.05) is 28.5 Å². The monoisotopic (exact) mass is 278 g/mol. The molecule has 3 nitrogen and oxygen atoms in total. The molecule has 1 aromatic carbocycles. The fourth-order valence-electron chi connectivity index (χ4n) is 3.50. The van der Waals surface area contributed by atoms with Crippen molar-refractivity contribution in [2.24, 2.45) is 0 Å². The van der Waals surface area contributed by atoms with E-state index in [1.165, 1.54) is 11.4 Å². The van der Waals surface area contributed by atoms with Crippen molar-refractivity contribution in [3.05, 3.63) is 59.5 Å². The maximum atomic E-state index is 10.2. The summed E-state index contributed by atoms with van der Waals surface area (Å²) in [4.78, 5) is 4.45. The van der Waals surface area contributed by atoms with Crippen LogP contribution in [0.2, 0.25) is 0 Å². The number of aryl methyl sites for hydroxylation is 1. The number of fused-ring (bicyclic) bond motifs is 2. The standard InChI is InChI=1S/C18H18N2O/c1-12-11-14-17(8-3-9-18(14)21)20(12)16-7-2-6-15-13(16)5-4-10-19-15/h2,4-7,10-11,18,21H,3,8-9H2,1H3. The fraction of sp³-hybridized carbons (Fsp3) is 0.278. The van der Waals surface area contributed by atoms with Crippen LogP contribution in [0.3, 0.4) is 0 Å². The van der Waals surface area contributed by atoms with Gasteiger partial charge in [0.15, 0.2) is 0 Å². The van der Waals surface area contributed by atoms with E-state index in [1.807, 2.05) is 18.3 Å². The van der Waals surface area contributed by atoms with Crippen molar-refractivity contribution in [2.45, 2.75) is 32.3 Å². The molecule has 1 unspecified atom stereocenters. The Balaban J connectivity index is 2.02. The van der Waals surface area contributed by atoms with Crippen LogP contribution in [0.25, 0.3) is 16.6 Å². The lowest BCUT2D eigenvalue weighted by Gasteiger charge is -2.21. The lowest BCUT2D eigenvalue weighted by atomic mass is 9.95. The summed E-state index contributed by atoms with van der Waals surface area (Å²) in [6.07, 6.45) is 4.45. The van der Waals surface area contributed by atoms with Crippen LogP contribution in [-0.4, -0.2) is 14.7 Å². The predicted molar refractivity (Wildman–Crippen MR) is 83.7 cm³/mol. The van der Waals surface area contributed by atoms with Crippen molar-refractivity contribution in [1.82, 2.24) is 9.55 Å². The number of hydrogen-bond donors (Lipinski definition) is 1. The van der Waals surface area contributed by atoms with Gasteiger partial charge in [0.2, 0.25) is 0 Å². The Morgan fingerprint density at radius 3 is 3.05 bits per heavy atom. The largest absolute Gasteiger partial charge is 0.388 e. The van der Waals surface area contributed by atoms with Gasteiger partial charge in [0.25, 0.3) is 0 Å². The Kier molecular flexibility index (Phi) is 2.82. The molecule has 3 aromatic rings. The second-order valence-electron chi connectivity index (χ2n) is 5.78. The summed E-state index contributed by atoms with van der Waals surface area (Å²) in [5, 5.41) is 11.4. The zero-order valence-electron chi connectivity index (χ0n) is 12.1. The average Bonchev–Trinajstić information content (AvgIpc) is 2.84. The lowest BCUT2D eigenvalue weighted by Crippen LogP contribution is -2.11. The quantitative estimate of drug-likeness (QED) is 0.737. The van der Waals surface area contributed by atoms with Crippen LogP contribution in [0.15, 0.2) is 42.6 Å². The maximum absolute atomic E-state index is 10.2. The first-order valence-electron chi connectivity index (χ1n) is 7.49. The first kappa shape index (κ1) is 12.6. The van der Waals surface area contributed by atoms with Gasteiger partial charge in [-0.1, -0.05) is 6.07 Å². The molecule has 1 atom stereocenters. The van der Waals surface area contributed by atoms with E-state index in [-0.39, 0.29) is 6.10 Å². The summed E-state index contributed by atoms with van der Waals surface area (Å²) in [7, 11) is 0. The van der Waals surface area contributed by atoms with Crippen LogP contribution < -0.4 is 0 Å². The van der Waals surface area contributed by atoms with Gasteiger partial charge in [-0.3, -0.25) is 4.98 Å². The third kappa shape index (κ3) is 1.88. The minimum absolute atomic E-state index is 0.318. The first-order chi connectivity index (χ1) is 10.3. The molecule has 1 aliphatic rings. The summed E-state index contributed by atoms with van der Waals surface area (Å²) in [6.45, 7) is 2.11. The first-order valence-corrected chi connectivity index (χ1v) is 7.49. The van der Waals surface area contributed by atoms with Crippen molar-refractivity contribution < 1.29 is 5.11 Å². The summed E-state index contributed by atoms with van der Waals surface area (Å²) in [6, 6.07) is 12.5. The zero-order valence-corrected chi connectivity index (χ0v) is 12.1. The normalized spacial score (nSPS) is 17.9. The van der Waals surface area contributed by atoms with E-state index in [2.05, 4.69) is 40.7 Å². The van der Waals surface area contributed by atoms with E-state index < -0.39 is 0 Å². The van der Waals surface area contributed by atoms with E-state index >= 15 is 0 Å². The highest BCUT2D eigenvalue weighted by atomic mass is 16.3. The molecule has 0 radical (unpaired) electrons. The summed E-state index contributed by atoms with van der Waals surface area (Å²) >= 11 is 0. The van der Waals surface area contributed by atoms with Gasteiger partial charge in [-0.25, -0.2) is 0 Å². The molecule has 0 saturated heterocycles. The molecule has 0 spiro atoms. The highest BCUT2D eigenvalue weighted by Crippen LogP contribution is 2.35. The molecular weight excluding hydrogens is 260 g/mol. The second kappa shape index (κ2) is 4.71. The van der Waals surface area contributed by atoms with Gasteiger partial charge in [-0.2, -0.15) is 0 Å². The topological polar surface area (TPSA) is 38.0 Å². The number of pyridine rings is 1. The van der Waals surface area contributed by atoms with Gasteiger partial charge in [-0.05, 0) is 56.5 Å². The minimum Gasteiger partial charge on any atom is -0.388 e. The van der Waals surface area contributed by atoms with Gasteiger partial charge >= 0.3 is 0 Å². The number of aromatic nitrogens is 2. The molecule has 1 aliphatic carbocycles. The molecule has 21 heavy (non-hydrogen) atoms. The second-order valence-corrected chi connectivity index (χ2v) is 5.78. The summed E-state index contributed by atoms with van der Waals surface area (Å²) in [5.41, 5.74) is 5.70. The van der Waals surface area contributed by atoms with Crippen molar-refractivity contribution >= 4 is 10.9 Å². The fourth-order valence-corrected chi connectivity index (χ4v) is 3.50. The Morgan fingerprint density at radius 2 is 2.14 bits per heavy atom. The van der Waals surface area contributed by atoms with Crippen molar-refractivity contribution in [3.63, 3.8) is 0 Å². The lowest BCUT2D eigenvalue weighted by molar-refractivity contribution is 0.156. The molecule has 3 heteroatoms. The van der Waals surface area contributed by atoms with E-state index in [1.54, 1.807) is 0 Å². The molecule has 2 heterocycles. The molecule has 0 saturated carbocycles. The molecule has 1 N–H and O–H groups in total. The van der Waals surface area contributed by atoms with Crippen LogP contribution in [0.4, 0.5) is 0 Å². The Morgan fingerprint density at radius 1 is 1.24 bits per heavy atom. The molecule has 0 aliphatic heterocycles. The molecule has 0 bridgehead atoms. The third-order valence-corrected chi connectivity index (χ3v) is 4.43. The Bertz CT molecular complexity index is 814. The van der Waals surface area contributed by atoms with Crippen LogP contribution in [0.1, 0.15) is 35.9 Å². The van der Waals surface area contributed by atoms with Crippen molar-refractivity contribution in [1.29, 1.82) is 0 Å². The molecule has 106 valence electrons. The maximum Gasteiger partial charge on any atom is 0.0807 e. The third-order valence-electron chi connectivity index (χ3n) is 4.43. The van der Waals surface area contributed by atoms with E-state index in [4.69, 9.17) is 0 Å². The highest BCUT2D eigenvalue weighted by Gasteiger charge is 2.24. The Hall–Kier alpha value is -2.13. The van der Waals surface area contributed by atoms with Gasteiger partial charge < -0.3 is 9.67 Å².